The molecule has 9 aromatic rings. The van der Waals surface area contributed by atoms with Crippen molar-refractivity contribution in [3.63, 3.8) is 0 Å². The van der Waals surface area contributed by atoms with Crippen LogP contribution in [0.4, 0.5) is 0 Å². The van der Waals surface area contributed by atoms with Crippen molar-refractivity contribution in [3.05, 3.63) is 188 Å². The molecule has 1 aromatic heterocycles. The van der Waals surface area contributed by atoms with Crippen LogP contribution in [0.15, 0.2) is 188 Å². The SMILES string of the molecule is c1ccc(-c2nc(-c3cccc(-c4ccc(-c5ccccc5)c5ccccc45)c3)nc(-c3cccc4c(-c5ccccc5)cccc34)n2)cc1. The first kappa shape index (κ1) is 29.4. The lowest BCUT2D eigenvalue weighted by Crippen LogP contribution is -2.00. The molecule has 0 saturated carbocycles. The molecule has 3 nitrogen and oxygen atoms in total. The van der Waals surface area contributed by atoms with Crippen LogP contribution in [-0.4, -0.2) is 15.0 Å². The summed E-state index contributed by atoms with van der Waals surface area (Å²) in [5.41, 5.74) is 9.92. The Hall–Kier alpha value is -6.71. The van der Waals surface area contributed by atoms with Gasteiger partial charge in [-0.15, -0.1) is 0 Å². The van der Waals surface area contributed by atoms with Crippen molar-refractivity contribution in [2.75, 3.05) is 0 Å². The summed E-state index contributed by atoms with van der Waals surface area (Å²) in [4.78, 5) is 15.3. The van der Waals surface area contributed by atoms with E-state index in [-0.39, 0.29) is 0 Å². The van der Waals surface area contributed by atoms with E-state index in [2.05, 4.69) is 170 Å². The normalized spacial score (nSPS) is 11.2. The summed E-state index contributed by atoms with van der Waals surface area (Å²) in [5.74, 6) is 1.93. The van der Waals surface area contributed by atoms with E-state index < -0.39 is 0 Å². The molecular weight excluding hydrogens is 607 g/mol. The van der Waals surface area contributed by atoms with Crippen molar-refractivity contribution < 1.29 is 0 Å². The third-order valence-corrected chi connectivity index (χ3v) is 9.36. The molecule has 0 aliphatic heterocycles. The van der Waals surface area contributed by atoms with E-state index in [1.807, 2.05) is 18.2 Å². The van der Waals surface area contributed by atoms with Crippen molar-refractivity contribution in [3.8, 4) is 67.5 Å². The van der Waals surface area contributed by atoms with Crippen LogP contribution in [-0.2, 0) is 0 Å². The maximum absolute atomic E-state index is 5.18. The molecule has 0 aliphatic rings. The molecule has 0 N–H and O–H groups in total. The van der Waals surface area contributed by atoms with Gasteiger partial charge in [0.25, 0.3) is 0 Å². The van der Waals surface area contributed by atoms with E-state index in [1.165, 1.54) is 38.6 Å². The molecule has 0 bridgehead atoms. The minimum atomic E-state index is 0.636. The molecule has 0 aliphatic carbocycles. The van der Waals surface area contributed by atoms with Gasteiger partial charge in [-0.2, -0.15) is 0 Å². The van der Waals surface area contributed by atoms with Crippen molar-refractivity contribution >= 4 is 21.5 Å². The molecule has 234 valence electrons. The number of hydrogen-bond acceptors (Lipinski definition) is 3. The minimum absolute atomic E-state index is 0.636. The first-order chi connectivity index (χ1) is 24.8. The minimum Gasteiger partial charge on any atom is -0.208 e. The van der Waals surface area contributed by atoms with Gasteiger partial charge in [-0.3, -0.25) is 0 Å². The highest BCUT2D eigenvalue weighted by Crippen LogP contribution is 2.38. The fourth-order valence-electron chi connectivity index (χ4n) is 6.96. The van der Waals surface area contributed by atoms with E-state index in [0.717, 1.165) is 33.0 Å². The van der Waals surface area contributed by atoms with Gasteiger partial charge in [0.15, 0.2) is 17.5 Å². The number of aromatic nitrogens is 3. The zero-order valence-corrected chi connectivity index (χ0v) is 27.2. The highest BCUT2D eigenvalue weighted by atomic mass is 15.0. The highest BCUT2D eigenvalue weighted by molar-refractivity contribution is 6.06. The molecule has 0 spiro atoms. The Morgan fingerprint density at radius 1 is 0.220 bits per heavy atom. The van der Waals surface area contributed by atoms with E-state index in [9.17, 15) is 0 Å². The van der Waals surface area contributed by atoms with E-state index in [4.69, 9.17) is 15.0 Å². The lowest BCUT2D eigenvalue weighted by Gasteiger charge is -2.14. The van der Waals surface area contributed by atoms with Gasteiger partial charge in [-0.25, -0.2) is 15.0 Å². The highest BCUT2D eigenvalue weighted by Gasteiger charge is 2.17. The Labute approximate surface area is 291 Å². The largest absolute Gasteiger partial charge is 0.208 e. The van der Waals surface area contributed by atoms with Crippen LogP contribution in [0.2, 0.25) is 0 Å². The number of rotatable bonds is 6. The van der Waals surface area contributed by atoms with Gasteiger partial charge in [-0.05, 0) is 61.0 Å². The summed E-state index contributed by atoms with van der Waals surface area (Å²) >= 11 is 0. The van der Waals surface area contributed by atoms with E-state index >= 15 is 0 Å². The lowest BCUT2D eigenvalue weighted by atomic mass is 9.91. The predicted octanol–water partition coefficient (Wildman–Crippen LogP) is 12.2. The molecule has 3 heteroatoms. The lowest BCUT2D eigenvalue weighted by molar-refractivity contribution is 1.08. The summed E-state index contributed by atoms with van der Waals surface area (Å²) in [7, 11) is 0. The standard InChI is InChI=1S/C47H31N3/c1-4-15-32(16-5-1)37-25-13-27-43-42(37)26-14-28-44(43)47-49-45(34-19-8-3-9-20-34)48-46(50-47)36-22-12-21-35(31-36)39-30-29-38(33-17-6-2-7-18-33)40-23-10-11-24-41(39)40/h1-31H. The number of fused-ring (bicyclic) bond motifs is 2. The molecule has 0 amide bonds. The van der Waals surface area contributed by atoms with Crippen molar-refractivity contribution in [2.24, 2.45) is 0 Å². The summed E-state index contributed by atoms with van der Waals surface area (Å²) in [5, 5.41) is 4.69. The molecule has 1 heterocycles. The quantitative estimate of drug-likeness (QED) is 0.182. The van der Waals surface area contributed by atoms with Gasteiger partial charge in [0.2, 0.25) is 0 Å². The second-order valence-corrected chi connectivity index (χ2v) is 12.4. The molecule has 9 rings (SSSR count). The maximum Gasteiger partial charge on any atom is 0.164 e. The molecule has 0 saturated heterocycles. The molecule has 0 atom stereocenters. The summed E-state index contributed by atoms with van der Waals surface area (Å²) in [6, 6.07) is 65.8. The number of benzene rings is 8. The Morgan fingerprint density at radius 2 is 0.580 bits per heavy atom. The monoisotopic (exact) mass is 637 g/mol. The topological polar surface area (TPSA) is 38.7 Å². The average Bonchev–Trinajstić information content (AvgIpc) is 3.21. The number of hydrogen-bond donors (Lipinski definition) is 0. The summed E-state index contributed by atoms with van der Waals surface area (Å²) in [6.07, 6.45) is 0. The van der Waals surface area contributed by atoms with Crippen LogP contribution in [0.25, 0.3) is 89.1 Å². The second-order valence-electron chi connectivity index (χ2n) is 12.4. The molecule has 50 heavy (non-hydrogen) atoms. The van der Waals surface area contributed by atoms with Gasteiger partial charge in [0.1, 0.15) is 0 Å². The van der Waals surface area contributed by atoms with Crippen molar-refractivity contribution in [1.29, 1.82) is 0 Å². The molecule has 0 fully saturated rings. The van der Waals surface area contributed by atoms with Crippen LogP contribution in [0.3, 0.4) is 0 Å². The first-order valence-electron chi connectivity index (χ1n) is 16.9. The van der Waals surface area contributed by atoms with Gasteiger partial charge in [-0.1, -0.05) is 182 Å². The van der Waals surface area contributed by atoms with E-state index in [1.54, 1.807) is 0 Å². The second kappa shape index (κ2) is 12.7. The van der Waals surface area contributed by atoms with Gasteiger partial charge < -0.3 is 0 Å². The Morgan fingerprint density at radius 3 is 1.18 bits per heavy atom. The fraction of sp³-hybridized carbons (Fsp3) is 0. The molecular formula is C47H31N3. The molecule has 0 radical (unpaired) electrons. The van der Waals surface area contributed by atoms with Gasteiger partial charge >= 0.3 is 0 Å². The predicted molar refractivity (Wildman–Crippen MR) is 207 cm³/mol. The Balaban J connectivity index is 1.21. The van der Waals surface area contributed by atoms with Crippen LogP contribution in [0, 0.1) is 0 Å². The van der Waals surface area contributed by atoms with Crippen LogP contribution in [0.1, 0.15) is 0 Å². The van der Waals surface area contributed by atoms with Gasteiger partial charge in [0, 0.05) is 16.7 Å². The summed E-state index contributed by atoms with van der Waals surface area (Å²) in [6.45, 7) is 0. The Bertz CT molecular complexity index is 2630. The molecule has 0 unspecified atom stereocenters. The van der Waals surface area contributed by atoms with Crippen LogP contribution >= 0.6 is 0 Å². The zero-order chi connectivity index (χ0) is 33.3. The maximum atomic E-state index is 5.18. The van der Waals surface area contributed by atoms with Crippen molar-refractivity contribution in [1.82, 2.24) is 15.0 Å². The van der Waals surface area contributed by atoms with Crippen LogP contribution < -0.4 is 0 Å². The Kier molecular flexibility index (Phi) is 7.49. The average molecular weight is 638 g/mol. The third kappa shape index (κ3) is 5.41. The van der Waals surface area contributed by atoms with Crippen molar-refractivity contribution in [2.45, 2.75) is 0 Å². The number of nitrogens with zero attached hydrogens (tertiary/aromatic N) is 3. The first-order valence-corrected chi connectivity index (χ1v) is 16.9. The molecule has 8 aromatic carbocycles. The smallest absolute Gasteiger partial charge is 0.164 e. The van der Waals surface area contributed by atoms with E-state index in [0.29, 0.717) is 17.5 Å². The third-order valence-electron chi connectivity index (χ3n) is 9.36. The van der Waals surface area contributed by atoms with Gasteiger partial charge in [0.05, 0.1) is 0 Å². The summed E-state index contributed by atoms with van der Waals surface area (Å²) < 4.78 is 0. The fourth-order valence-corrected chi connectivity index (χ4v) is 6.96. The zero-order valence-electron chi connectivity index (χ0n) is 27.2. The van der Waals surface area contributed by atoms with Crippen LogP contribution in [0.5, 0.6) is 0 Å².